The molecule has 1 fully saturated rings. The minimum Gasteiger partial charge on any atom is -0.399 e. The van der Waals surface area contributed by atoms with Crippen LogP contribution in [0, 0.1) is 6.92 Å². The molecule has 0 N–H and O–H groups in total. The molecule has 0 saturated carbocycles. The first-order valence-electron chi connectivity index (χ1n) is 6.98. The first-order chi connectivity index (χ1) is 9.78. The van der Waals surface area contributed by atoms with Gasteiger partial charge in [-0.3, -0.25) is 4.98 Å². The molecule has 0 bridgehead atoms. The lowest BCUT2D eigenvalue weighted by Gasteiger charge is -2.32. The van der Waals surface area contributed by atoms with E-state index in [4.69, 9.17) is 9.31 Å². The molecule has 110 valence electrons. The third-order valence-electron chi connectivity index (χ3n) is 4.10. The van der Waals surface area contributed by atoms with Crippen LogP contribution in [0.3, 0.4) is 0 Å². The van der Waals surface area contributed by atoms with Gasteiger partial charge in [0.2, 0.25) is 0 Å². The molecule has 7 heteroatoms. The molecule has 0 aromatic carbocycles. The molecule has 3 rings (SSSR count). The van der Waals surface area contributed by atoms with Gasteiger partial charge in [-0.1, -0.05) is 0 Å². The van der Waals surface area contributed by atoms with Crippen LogP contribution in [0.4, 0.5) is 0 Å². The minimum atomic E-state index is -0.415. The van der Waals surface area contributed by atoms with Crippen LogP contribution < -0.4 is 5.46 Å². The molecular weight excluding hydrogens is 267 g/mol. The van der Waals surface area contributed by atoms with Crippen LogP contribution in [-0.2, 0) is 9.31 Å². The third kappa shape index (κ3) is 2.47. The van der Waals surface area contributed by atoms with E-state index in [1.807, 2.05) is 40.8 Å². The Morgan fingerprint density at radius 2 is 1.71 bits per heavy atom. The van der Waals surface area contributed by atoms with Crippen LogP contribution in [0.25, 0.3) is 5.82 Å². The summed E-state index contributed by atoms with van der Waals surface area (Å²) in [5, 5.41) is 4.32. The van der Waals surface area contributed by atoms with Crippen molar-refractivity contribution in [1.29, 1.82) is 0 Å². The number of rotatable bonds is 2. The summed E-state index contributed by atoms with van der Waals surface area (Å²) < 4.78 is 13.7. The normalized spacial score (nSPS) is 20.0. The summed E-state index contributed by atoms with van der Waals surface area (Å²) in [4.78, 5) is 8.52. The van der Waals surface area contributed by atoms with Crippen molar-refractivity contribution in [3.05, 3.63) is 30.5 Å². The van der Waals surface area contributed by atoms with E-state index in [-0.39, 0.29) is 11.2 Å². The Morgan fingerprint density at radius 3 is 2.33 bits per heavy atom. The highest BCUT2D eigenvalue weighted by atomic mass is 16.7. The molecule has 2 aromatic rings. The van der Waals surface area contributed by atoms with Gasteiger partial charge < -0.3 is 9.31 Å². The van der Waals surface area contributed by atoms with Gasteiger partial charge in [0.1, 0.15) is 0 Å². The summed E-state index contributed by atoms with van der Waals surface area (Å²) in [6, 6.07) is 0. The Kier molecular flexibility index (Phi) is 3.14. The average Bonchev–Trinajstić information content (AvgIpc) is 2.93. The van der Waals surface area contributed by atoms with E-state index in [2.05, 4.69) is 15.1 Å². The maximum atomic E-state index is 6.01. The maximum absolute atomic E-state index is 6.01. The molecule has 6 nitrogen and oxygen atoms in total. The van der Waals surface area contributed by atoms with Crippen molar-refractivity contribution in [3.63, 3.8) is 0 Å². The van der Waals surface area contributed by atoms with Gasteiger partial charge in [-0.25, -0.2) is 9.67 Å². The van der Waals surface area contributed by atoms with Crippen molar-refractivity contribution in [2.45, 2.75) is 45.8 Å². The molecule has 1 saturated heterocycles. The fourth-order valence-electron chi connectivity index (χ4n) is 2.12. The lowest BCUT2D eigenvalue weighted by Crippen LogP contribution is -2.41. The summed E-state index contributed by atoms with van der Waals surface area (Å²) in [5.74, 6) is 0.678. The van der Waals surface area contributed by atoms with Crippen molar-refractivity contribution >= 4 is 12.6 Å². The molecule has 1 aliphatic rings. The average molecular weight is 286 g/mol. The van der Waals surface area contributed by atoms with Crippen LogP contribution in [-0.4, -0.2) is 38.1 Å². The number of aromatic nitrogens is 4. The highest BCUT2D eigenvalue weighted by Gasteiger charge is 2.52. The number of nitrogens with zero attached hydrogens (tertiary/aromatic N) is 4. The first kappa shape index (κ1) is 14.2. The summed E-state index contributed by atoms with van der Waals surface area (Å²) >= 11 is 0. The highest BCUT2D eigenvalue weighted by molar-refractivity contribution is 6.62. The van der Waals surface area contributed by atoms with Crippen LogP contribution >= 0.6 is 0 Å². The van der Waals surface area contributed by atoms with E-state index in [0.29, 0.717) is 5.82 Å². The summed E-state index contributed by atoms with van der Waals surface area (Å²) in [5.41, 5.74) is 1.00. The molecule has 2 aromatic heterocycles. The predicted octanol–water partition coefficient (Wildman–Crippen LogP) is 1.27. The fraction of sp³-hybridized carbons (Fsp3) is 0.500. The second-order valence-electron chi connectivity index (χ2n) is 6.33. The molecule has 0 unspecified atom stereocenters. The van der Waals surface area contributed by atoms with Crippen LogP contribution in [0.2, 0.25) is 0 Å². The van der Waals surface area contributed by atoms with Crippen molar-refractivity contribution in [2.24, 2.45) is 0 Å². The van der Waals surface area contributed by atoms with Crippen LogP contribution in [0.5, 0.6) is 0 Å². The van der Waals surface area contributed by atoms with E-state index < -0.39 is 7.12 Å². The predicted molar refractivity (Wildman–Crippen MR) is 79.6 cm³/mol. The number of hydrogen-bond donors (Lipinski definition) is 0. The molecule has 3 heterocycles. The molecule has 0 spiro atoms. The molecule has 0 amide bonds. The van der Waals surface area contributed by atoms with E-state index >= 15 is 0 Å². The Hall–Kier alpha value is -1.73. The fourth-order valence-corrected chi connectivity index (χ4v) is 2.12. The van der Waals surface area contributed by atoms with Gasteiger partial charge in [-0.05, 0) is 34.6 Å². The smallest absolute Gasteiger partial charge is 0.399 e. The summed E-state index contributed by atoms with van der Waals surface area (Å²) in [7, 11) is -0.415. The van der Waals surface area contributed by atoms with Crippen molar-refractivity contribution in [1.82, 2.24) is 19.7 Å². The zero-order valence-electron chi connectivity index (χ0n) is 13.0. The lowest BCUT2D eigenvalue weighted by molar-refractivity contribution is 0.00578. The monoisotopic (exact) mass is 286 g/mol. The molecule has 21 heavy (non-hydrogen) atoms. The van der Waals surface area contributed by atoms with E-state index in [1.54, 1.807) is 23.3 Å². The van der Waals surface area contributed by atoms with Gasteiger partial charge in [-0.15, -0.1) is 0 Å². The van der Waals surface area contributed by atoms with E-state index in [0.717, 1.165) is 11.2 Å². The molecule has 0 radical (unpaired) electrons. The number of aryl methyl sites for hydroxylation is 1. The topological polar surface area (TPSA) is 62.1 Å². The summed E-state index contributed by atoms with van der Waals surface area (Å²) in [6.45, 7) is 10.0. The van der Waals surface area contributed by atoms with Gasteiger partial charge in [-0.2, -0.15) is 5.10 Å². The van der Waals surface area contributed by atoms with E-state index in [9.17, 15) is 0 Å². The molecular formula is C14H19BN4O2. The number of hydrogen-bond acceptors (Lipinski definition) is 5. The van der Waals surface area contributed by atoms with Gasteiger partial charge in [0.25, 0.3) is 0 Å². The van der Waals surface area contributed by atoms with Gasteiger partial charge in [0, 0.05) is 24.1 Å². The largest absolute Gasteiger partial charge is 0.498 e. The zero-order valence-corrected chi connectivity index (χ0v) is 13.0. The van der Waals surface area contributed by atoms with Crippen LogP contribution in [0.15, 0.2) is 24.8 Å². The van der Waals surface area contributed by atoms with Gasteiger partial charge >= 0.3 is 7.12 Å². The van der Waals surface area contributed by atoms with Gasteiger partial charge in [0.05, 0.1) is 23.1 Å². The van der Waals surface area contributed by atoms with Crippen LogP contribution in [0.1, 0.15) is 33.4 Å². The standard InChI is InChI=1S/C14H19BN4O2/c1-10-6-16-8-12(18-10)19-9-11(7-17-19)15-20-13(2,3)14(4,5)21-15/h6-9H,1-5H3. The van der Waals surface area contributed by atoms with Crippen molar-refractivity contribution in [3.8, 4) is 5.82 Å². The lowest BCUT2D eigenvalue weighted by atomic mass is 9.82. The molecule has 0 atom stereocenters. The SMILES string of the molecule is Cc1cncc(-n2cc(B3OC(C)(C)C(C)(C)O3)cn2)n1. The minimum absolute atomic E-state index is 0.358. The summed E-state index contributed by atoms with van der Waals surface area (Å²) in [6.07, 6.45) is 6.99. The molecule has 0 aliphatic carbocycles. The maximum Gasteiger partial charge on any atom is 0.498 e. The zero-order chi connectivity index (χ0) is 15.3. The molecule has 1 aliphatic heterocycles. The second kappa shape index (κ2) is 4.64. The second-order valence-corrected chi connectivity index (χ2v) is 6.33. The Balaban J connectivity index is 1.87. The van der Waals surface area contributed by atoms with E-state index in [1.165, 1.54) is 0 Å². The quantitative estimate of drug-likeness (QED) is 0.778. The van der Waals surface area contributed by atoms with Crippen molar-refractivity contribution in [2.75, 3.05) is 0 Å². The first-order valence-corrected chi connectivity index (χ1v) is 6.98. The Labute approximate surface area is 124 Å². The third-order valence-corrected chi connectivity index (χ3v) is 4.10. The van der Waals surface area contributed by atoms with Gasteiger partial charge in [0.15, 0.2) is 5.82 Å². The van der Waals surface area contributed by atoms with Crippen molar-refractivity contribution < 1.29 is 9.31 Å². The Morgan fingerprint density at radius 1 is 1.05 bits per heavy atom. The Bertz CT molecular complexity index is 652. The highest BCUT2D eigenvalue weighted by Crippen LogP contribution is 2.36.